The van der Waals surface area contributed by atoms with E-state index in [0.717, 1.165) is 5.56 Å². The number of furan rings is 1. The molecule has 0 aliphatic rings. The van der Waals surface area contributed by atoms with Gasteiger partial charge in [-0.1, -0.05) is 0 Å². The molecule has 1 heterocycles. The van der Waals surface area contributed by atoms with Crippen LogP contribution in [0.2, 0.25) is 0 Å². The van der Waals surface area contributed by atoms with Crippen molar-refractivity contribution in [3.8, 4) is 28.6 Å². The molecule has 2 aromatic carbocycles. The van der Waals surface area contributed by atoms with Gasteiger partial charge in [0.15, 0.2) is 22.8 Å². The summed E-state index contributed by atoms with van der Waals surface area (Å²) in [5.41, 5.74) is 2.65. The maximum Gasteiger partial charge on any atom is 0.305 e. The number of phenols is 1. The SMILES string of the molecule is COC(=O)CCc1cc(OC)c2oc(-c3ccc(O)c(OC)c3)cc2c1CO. The summed E-state index contributed by atoms with van der Waals surface area (Å²) in [4.78, 5) is 11.5. The minimum absolute atomic E-state index is 0.0288. The quantitative estimate of drug-likeness (QED) is 0.600. The van der Waals surface area contributed by atoms with E-state index in [-0.39, 0.29) is 24.7 Å². The van der Waals surface area contributed by atoms with Gasteiger partial charge >= 0.3 is 5.97 Å². The Bertz CT molecular complexity index is 1000. The van der Waals surface area contributed by atoms with E-state index in [9.17, 15) is 15.0 Å². The molecule has 0 saturated heterocycles. The molecule has 0 spiro atoms. The van der Waals surface area contributed by atoms with Crippen LogP contribution in [0, 0.1) is 0 Å². The van der Waals surface area contributed by atoms with Crippen molar-refractivity contribution in [1.82, 2.24) is 0 Å². The molecule has 3 rings (SSSR count). The fourth-order valence-corrected chi connectivity index (χ4v) is 3.16. The van der Waals surface area contributed by atoms with Crippen LogP contribution in [0.3, 0.4) is 0 Å². The number of aryl methyl sites for hydroxylation is 1. The van der Waals surface area contributed by atoms with Crippen molar-refractivity contribution in [3.63, 3.8) is 0 Å². The smallest absolute Gasteiger partial charge is 0.305 e. The van der Waals surface area contributed by atoms with Crippen LogP contribution >= 0.6 is 0 Å². The fourth-order valence-electron chi connectivity index (χ4n) is 3.16. The number of ether oxygens (including phenoxy) is 3. The fraction of sp³-hybridized carbons (Fsp3) is 0.286. The Balaban J connectivity index is 2.12. The van der Waals surface area contributed by atoms with Crippen LogP contribution in [-0.2, 0) is 22.6 Å². The molecule has 0 fully saturated rings. The average molecular weight is 386 g/mol. The summed E-state index contributed by atoms with van der Waals surface area (Å²) < 4.78 is 21.3. The average Bonchev–Trinajstić information content (AvgIpc) is 3.16. The summed E-state index contributed by atoms with van der Waals surface area (Å²) in [6.07, 6.45) is 0.598. The summed E-state index contributed by atoms with van der Waals surface area (Å²) >= 11 is 0. The minimum Gasteiger partial charge on any atom is -0.504 e. The van der Waals surface area contributed by atoms with Crippen LogP contribution in [-0.4, -0.2) is 37.5 Å². The number of hydrogen-bond acceptors (Lipinski definition) is 7. The summed E-state index contributed by atoms with van der Waals surface area (Å²) in [6, 6.07) is 8.46. The van der Waals surface area contributed by atoms with Crippen molar-refractivity contribution in [2.24, 2.45) is 0 Å². The lowest BCUT2D eigenvalue weighted by Crippen LogP contribution is -2.04. The number of carbonyl (C=O) groups excluding carboxylic acids is 1. The van der Waals surface area contributed by atoms with Crippen LogP contribution in [0.5, 0.6) is 17.2 Å². The third kappa shape index (κ3) is 3.61. The van der Waals surface area contributed by atoms with Gasteiger partial charge in [-0.15, -0.1) is 0 Å². The van der Waals surface area contributed by atoms with Crippen molar-refractivity contribution in [3.05, 3.63) is 41.5 Å². The standard InChI is InChI=1S/C21H22O7/c1-25-18-9-13(4-6-16(18)23)17-10-14-15(11-22)12(5-7-20(24)27-3)8-19(26-2)21(14)28-17/h4,6,8-10,22-23H,5,7,11H2,1-3H3. The number of esters is 1. The number of carbonyl (C=O) groups is 1. The Morgan fingerprint density at radius 1 is 1.07 bits per heavy atom. The van der Waals surface area contributed by atoms with Crippen LogP contribution in [0.25, 0.3) is 22.3 Å². The zero-order valence-electron chi connectivity index (χ0n) is 15.9. The first kappa shape index (κ1) is 19.6. The Labute approximate surface area is 162 Å². The molecular weight excluding hydrogens is 364 g/mol. The van der Waals surface area contributed by atoms with Gasteiger partial charge in [-0.25, -0.2) is 0 Å². The molecule has 0 amide bonds. The summed E-state index contributed by atoms with van der Waals surface area (Å²) in [5, 5.41) is 20.4. The summed E-state index contributed by atoms with van der Waals surface area (Å²) in [6.45, 7) is -0.213. The summed E-state index contributed by atoms with van der Waals surface area (Å²) in [5.74, 6) is 1.06. The van der Waals surface area contributed by atoms with Gasteiger partial charge in [-0.05, 0) is 47.9 Å². The molecule has 7 nitrogen and oxygen atoms in total. The minimum atomic E-state index is -0.327. The lowest BCUT2D eigenvalue weighted by molar-refractivity contribution is -0.140. The first-order valence-corrected chi connectivity index (χ1v) is 8.69. The third-order valence-electron chi connectivity index (χ3n) is 4.64. The number of aliphatic hydroxyl groups is 1. The molecule has 148 valence electrons. The van der Waals surface area contributed by atoms with E-state index in [4.69, 9.17) is 18.6 Å². The van der Waals surface area contributed by atoms with Gasteiger partial charge < -0.3 is 28.8 Å². The predicted molar refractivity (Wildman–Crippen MR) is 103 cm³/mol. The van der Waals surface area contributed by atoms with E-state index < -0.39 is 0 Å². The lowest BCUT2D eigenvalue weighted by Gasteiger charge is -2.11. The Hall–Kier alpha value is -3.19. The summed E-state index contributed by atoms with van der Waals surface area (Å²) in [7, 11) is 4.34. The van der Waals surface area contributed by atoms with Gasteiger partial charge in [-0.3, -0.25) is 4.79 Å². The maximum absolute atomic E-state index is 11.5. The third-order valence-corrected chi connectivity index (χ3v) is 4.64. The molecule has 7 heteroatoms. The van der Waals surface area contributed by atoms with Crippen molar-refractivity contribution < 1.29 is 33.6 Å². The molecule has 28 heavy (non-hydrogen) atoms. The van der Waals surface area contributed by atoms with Crippen molar-refractivity contribution in [2.45, 2.75) is 19.4 Å². The van der Waals surface area contributed by atoms with Crippen molar-refractivity contribution in [1.29, 1.82) is 0 Å². The van der Waals surface area contributed by atoms with E-state index >= 15 is 0 Å². The van der Waals surface area contributed by atoms with E-state index in [1.54, 1.807) is 24.3 Å². The van der Waals surface area contributed by atoms with Gasteiger partial charge in [-0.2, -0.15) is 0 Å². The van der Waals surface area contributed by atoms with E-state index in [1.165, 1.54) is 27.4 Å². The lowest BCUT2D eigenvalue weighted by atomic mass is 9.98. The predicted octanol–water partition coefficient (Wildman–Crippen LogP) is 3.42. The highest BCUT2D eigenvalue weighted by atomic mass is 16.5. The first-order chi connectivity index (χ1) is 13.5. The second kappa shape index (κ2) is 8.22. The van der Waals surface area contributed by atoms with Crippen molar-refractivity contribution in [2.75, 3.05) is 21.3 Å². The van der Waals surface area contributed by atoms with Crippen LogP contribution in [0.15, 0.2) is 34.7 Å². The number of aromatic hydroxyl groups is 1. The molecule has 3 aromatic rings. The van der Waals surface area contributed by atoms with E-state index in [2.05, 4.69) is 0 Å². The Morgan fingerprint density at radius 3 is 2.46 bits per heavy atom. The normalized spacial score (nSPS) is 10.9. The maximum atomic E-state index is 11.5. The highest BCUT2D eigenvalue weighted by molar-refractivity contribution is 5.91. The highest BCUT2D eigenvalue weighted by Crippen LogP contribution is 2.39. The number of benzene rings is 2. The van der Waals surface area contributed by atoms with Crippen molar-refractivity contribution >= 4 is 16.9 Å². The number of aliphatic hydroxyl groups excluding tert-OH is 1. The Morgan fingerprint density at radius 2 is 1.82 bits per heavy atom. The van der Waals surface area contributed by atoms with Gasteiger partial charge in [0, 0.05) is 17.4 Å². The van der Waals surface area contributed by atoms with Gasteiger partial charge in [0.25, 0.3) is 0 Å². The number of methoxy groups -OCH3 is 3. The molecule has 0 bridgehead atoms. The topological polar surface area (TPSA) is 98.4 Å². The monoisotopic (exact) mass is 386 g/mol. The highest BCUT2D eigenvalue weighted by Gasteiger charge is 2.19. The Kier molecular flexibility index (Phi) is 5.75. The molecule has 0 aliphatic carbocycles. The number of fused-ring (bicyclic) bond motifs is 1. The molecule has 0 radical (unpaired) electrons. The number of rotatable bonds is 7. The van der Waals surface area contributed by atoms with E-state index in [0.29, 0.717) is 45.8 Å². The second-order valence-corrected chi connectivity index (χ2v) is 6.19. The molecule has 0 aliphatic heterocycles. The zero-order valence-corrected chi connectivity index (χ0v) is 15.9. The van der Waals surface area contributed by atoms with Gasteiger partial charge in [0.05, 0.1) is 27.9 Å². The number of hydrogen-bond donors (Lipinski definition) is 2. The molecular formula is C21H22O7. The van der Waals surface area contributed by atoms with Gasteiger partial charge in [0.1, 0.15) is 5.76 Å². The van der Waals surface area contributed by atoms with Crippen LogP contribution < -0.4 is 9.47 Å². The van der Waals surface area contributed by atoms with Crippen LogP contribution in [0.1, 0.15) is 17.5 Å². The zero-order chi connectivity index (χ0) is 20.3. The van der Waals surface area contributed by atoms with Gasteiger partial charge in [0.2, 0.25) is 0 Å². The molecule has 0 atom stereocenters. The molecule has 1 aromatic heterocycles. The first-order valence-electron chi connectivity index (χ1n) is 8.69. The number of phenolic OH excluding ortho intramolecular Hbond substituents is 1. The molecule has 0 saturated carbocycles. The van der Waals surface area contributed by atoms with E-state index in [1.807, 2.05) is 0 Å². The molecule has 0 unspecified atom stereocenters. The van der Waals surface area contributed by atoms with Crippen LogP contribution in [0.4, 0.5) is 0 Å². The molecule has 2 N–H and O–H groups in total. The second-order valence-electron chi connectivity index (χ2n) is 6.19. The largest absolute Gasteiger partial charge is 0.504 e.